The Morgan fingerprint density at radius 3 is 2.67 bits per heavy atom. The second kappa shape index (κ2) is 8.81. The summed E-state index contributed by atoms with van der Waals surface area (Å²) in [5.41, 5.74) is 1.66. The van der Waals surface area contributed by atoms with Crippen molar-refractivity contribution in [1.29, 1.82) is 0 Å². The molecule has 3 aliphatic rings. The van der Waals surface area contributed by atoms with Gasteiger partial charge in [0.15, 0.2) is 0 Å². The van der Waals surface area contributed by atoms with Gasteiger partial charge in [0.2, 0.25) is 0 Å². The lowest BCUT2D eigenvalue weighted by Crippen LogP contribution is -2.59. The van der Waals surface area contributed by atoms with E-state index in [4.69, 9.17) is 9.47 Å². The van der Waals surface area contributed by atoms with E-state index >= 15 is 0 Å². The molecule has 164 valence electrons. The first-order chi connectivity index (χ1) is 14.1. The highest BCUT2D eigenvalue weighted by Crippen LogP contribution is 2.53. The van der Waals surface area contributed by atoms with Gasteiger partial charge in [0.1, 0.15) is 12.4 Å². The van der Waals surface area contributed by atoms with E-state index in [-0.39, 0.29) is 24.2 Å². The quantitative estimate of drug-likeness (QED) is 0.347. The summed E-state index contributed by atoms with van der Waals surface area (Å²) in [6.45, 7) is 10.5. The summed E-state index contributed by atoms with van der Waals surface area (Å²) in [7, 11) is -1.37. The number of carbonyl (C=O) groups is 2. The monoisotopic (exact) mass is 433 g/mol. The second-order valence-electron chi connectivity index (χ2n) is 9.31. The lowest BCUT2D eigenvalue weighted by molar-refractivity contribution is -0.153. The lowest BCUT2D eigenvalue weighted by atomic mass is 9.57. The smallest absolute Gasteiger partial charge is 0.407 e. The van der Waals surface area contributed by atoms with Crippen molar-refractivity contribution in [2.45, 2.75) is 56.1 Å². The fourth-order valence-electron chi connectivity index (χ4n) is 4.53. The van der Waals surface area contributed by atoms with Gasteiger partial charge in [-0.15, -0.1) is 0 Å². The molecule has 5 atom stereocenters. The van der Waals surface area contributed by atoms with Crippen molar-refractivity contribution >= 4 is 20.1 Å². The van der Waals surface area contributed by atoms with Gasteiger partial charge in [-0.3, -0.25) is 4.79 Å². The molecule has 30 heavy (non-hydrogen) atoms. The van der Waals surface area contributed by atoms with Crippen LogP contribution in [0.2, 0.25) is 25.7 Å². The number of phenolic OH excluding ortho intramolecular Hbond substituents is 1. The Labute approximate surface area is 178 Å². The number of ether oxygens (including phenoxy) is 2. The average Bonchev–Trinajstić information content (AvgIpc) is 2.64. The third-order valence-corrected chi connectivity index (χ3v) is 7.64. The summed E-state index contributed by atoms with van der Waals surface area (Å²) < 4.78 is 10.7. The van der Waals surface area contributed by atoms with Gasteiger partial charge in [-0.1, -0.05) is 38.4 Å². The summed E-state index contributed by atoms with van der Waals surface area (Å²) in [4.78, 5) is 25.4. The Hall–Kier alpha value is -2.32. The van der Waals surface area contributed by atoms with E-state index < -0.39 is 38.1 Å². The Morgan fingerprint density at radius 1 is 1.27 bits per heavy atom. The van der Waals surface area contributed by atoms with Crippen LogP contribution >= 0.6 is 0 Å². The standard InChI is InChI=1S/C22H31NO6Si/c1-5-8-29-22(27)23-20-18-15-11-13(24)6-7-14(15)16(12-17(18)25)19(20)21(26)28-9-10-30(2,3)4/h5-7,11,16-20,24-25H,1,8-10,12H2,2-4H3,(H,23,27)/t16?,17?,18-,19-,20+/m1/s1. The molecule has 2 unspecified atom stereocenters. The number of alkyl carbamates (subject to hydrolysis) is 1. The van der Waals surface area contributed by atoms with Crippen molar-refractivity contribution < 1.29 is 29.3 Å². The summed E-state index contributed by atoms with van der Waals surface area (Å²) in [5.74, 6) is -1.78. The second-order valence-corrected chi connectivity index (χ2v) is 14.9. The Balaban J connectivity index is 1.89. The molecule has 1 amide bonds. The van der Waals surface area contributed by atoms with Crippen molar-refractivity contribution in [3.63, 3.8) is 0 Å². The summed E-state index contributed by atoms with van der Waals surface area (Å²) >= 11 is 0. The maximum Gasteiger partial charge on any atom is 0.407 e. The predicted molar refractivity (Wildman–Crippen MR) is 115 cm³/mol. The molecule has 0 heterocycles. The summed E-state index contributed by atoms with van der Waals surface area (Å²) in [6, 6.07) is 5.14. The van der Waals surface area contributed by atoms with E-state index in [1.807, 2.05) is 0 Å². The summed E-state index contributed by atoms with van der Waals surface area (Å²) in [5, 5.41) is 23.5. The van der Waals surface area contributed by atoms with E-state index in [0.717, 1.165) is 17.2 Å². The van der Waals surface area contributed by atoms with Crippen LogP contribution in [0.1, 0.15) is 29.4 Å². The maximum atomic E-state index is 13.1. The van der Waals surface area contributed by atoms with Crippen molar-refractivity contribution in [2.75, 3.05) is 13.2 Å². The van der Waals surface area contributed by atoms with Crippen LogP contribution in [0, 0.1) is 5.92 Å². The van der Waals surface area contributed by atoms with E-state index in [1.165, 1.54) is 6.08 Å². The fourth-order valence-corrected chi connectivity index (χ4v) is 5.25. The van der Waals surface area contributed by atoms with Crippen molar-refractivity contribution in [3.8, 4) is 5.75 Å². The Bertz CT molecular complexity index is 820. The van der Waals surface area contributed by atoms with Crippen molar-refractivity contribution in [3.05, 3.63) is 42.0 Å². The number of fused-ring (bicyclic) bond motifs is 2. The van der Waals surface area contributed by atoms with Crippen LogP contribution in [0.3, 0.4) is 0 Å². The molecular weight excluding hydrogens is 402 g/mol. The number of hydrogen-bond acceptors (Lipinski definition) is 6. The van der Waals surface area contributed by atoms with Crippen LogP contribution < -0.4 is 5.32 Å². The average molecular weight is 434 g/mol. The minimum Gasteiger partial charge on any atom is -0.508 e. The molecule has 1 fully saturated rings. The zero-order valence-electron chi connectivity index (χ0n) is 17.8. The van der Waals surface area contributed by atoms with Gasteiger partial charge < -0.3 is 25.0 Å². The molecule has 3 aliphatic carbocycles. The molecular formula is C22H31NO6Si. The maximum absolute atomic E-state index is 13.1. The van der Waals surface area contributed by atoms with E-state index in [9.17, 15) is 19.8 Å². The van der Waals surface area contributed by atoms with Crippen LogP contribution in [-0.2, 0) is 14.3 Å². The van der Waals surface area contributed by atoms with Crippen molar-refractivity contribution in [2.24, 2.45) is 5.92 Å². The molecule has 2 bridgehead atoms. The summed E-state index contributed by atoms with van der Waals surface area (Å²) in [6.07, 6.45) is 0.425. The number of phenols is 1. The van der Waals surface area contributed by atoms with Crippen molar-refractivity contribution in [1.82, 2.24) is 5.32 Å². The van der Waals surface area contributed by atoms with Gasteiger partial charge in [0, 0.05) is 19.9 Å². The van der Waals surface area contributed by atoms with Gasteiger partial charge in [-0.25, -0.2) is 4.79 Å². The number of esters is 1. The molecule has 1 aromatic carbocycles. The molecule has 8 heteroatoms. The third-order valence-electron chi connectivity index (χ3n) is 5.93. The fraction of sp³-hybridized carbons (Fsp3) is 0.545. The number of hydrogen-bond donors (Lipinski definition) is 3. The first kappa shape index (κ1) is 22.4. The predicted octanol–water partition coefficient (Wildman–Crippen LogP) is 3.12. The molecule has 0 saturated heterocycles. The number of nitrogens with one attached hydrogen (secondary N) is 1. The minimum absolute atomic E-state index is 0.0396. The molecule has 0 aliphatic heterocycles. The number of benzene rings is 1. The number of rotatable bonds is 7. The van der Waals surface area contributed by atoms with Crippen LogP contribution in [0.5, 0.6) is 5.75 Å². The van der Waals surface area contributed by atoms with E-state index in [0.29, 0.717) is 13.0 Å². The number of aromatic hydroxyl groups is 1. The van der Waals surface area contributed by atoms with Gasteiger partial charge in [0.25, 0.3) is 0 Å². The molecule has 1 saturated carbocycles. The normalized spacial score (nSPS) is 27.1. The van der Waals surface area contributed by atoms with Crippen LogP contribution in [-0.4, -0.2) is 55.7 Å². The third kappa shape index (κ3) is 4.70. The molecule has 3 N–H and O–H groups in total. The zero-order chi connectivity index (χ0) is 22.1. The molecule has 0 radical (unpaired) electrons. The largest absolute Gasteiger partial charge is 0.508 e. The highest BCUT2D eigenvalue weighted by molar-refractivity contribution is 6.76. The molecule has 0 spiro atoms. The first-order valence-corrected chi connectivity index (χ1v) is 14.0. The number of aliphatic hydroxyl groups is 1. The molecule has 1 aromatic rings. The van der Waals surface area contributed by atoms with Gasteiger partial charge in [-0.05, 0) is 35.7 Å². The molecule has 4 rings (SSSR count). The zero-order valence-corrected chi connectivity index (χ0v) is 18.8. The molecule has 7 nitrogen and oxygen atoms in total. The van der Waals surface area contributed by atoms with E-state index in [1.54, 1.807) is 18.2 Å². The van der Waals surface area contributed by atoms with Gasteiger partial charge in [0.05, 0.1) is 24.7 Å². The van der Waals surface area contributed by atoms with Crippen LogP contribution in [0.4, 0.5) is 4.79 Å². The highest BCUT2D eigenvalue weighted by atomic mass is 28.3. The lowest BCUT2D eigenvalue weighted by Gasteiger charge is -2.50. The molecule has 0 aromatic heterocycles. The SMILES string of the molecule is C=CCOC(=O)N[C@@H]1[C@H](C(=O)OCC[Si](C)(C)C)C2CC(O)[C@H]1c1cc(O)ccc12. The van der Waals surface area contributed by atoms with Crippen LogP contribution in [0.15, 0.2) is 30.9 Å². The first-order valence-electron chi connectivity index (χ1n) is 10.3. The Morgan fingerprint density at radius 2 is 2.00 bits per heavy atom. The number of amides is 1. The minimum atomic E-state index is -1.37. The van der Waals surface area contributed by atoms with Crippen LogP contribution in [0.25, 0.3) is 0 Å². The Kier molecular flexibility index (Phi) is 6.57. The highest BCUT2D eigenvalue weighted by Gasteiger charge is 2.55. The number of aliphatic hydroxyl groups excluding tert-OH is 1. The van der Waals surface area contributed by atoms with E-state index in [2.05, 4.69) is 31.5 Å². The number of carbonyl (C=O) groups excluding carboxylic acids is 2. The van der Waals surface area contributed by atoms with Gasteiger partial charge >= 0.3 is 12.1 Å². The van der Waals surface area contributed by atoms with Gasteiger partial charge in [-0.2, -0.15) is 0 Å². The topological polar surface area (TPSA) is 105 Å².